The Kier molecular flexibility index (Phi) is 5.50. The van der Waals surface area contributed by atoms with Crippen LogP contribution in [0.5, 0.6) is 0 Å². The molecule has 1 aliphatic heterocycles. The van der Waals surface area contributed by atoms with Crippen LogP contribution in [0.1, 0.15) is 5.69 Å². The number of nitrogens with two attached hydrogens (primary N) is 1. The smallest absolute Gasteiger partial charge is 0.225 e. The Bertz CT molecular complexity index is 752. The van der Waals surface area contributed by atoms with Crippen molar-refractivity contribution in [2.75, 3.05) is 50.1 Å². The summed E-state index contributed by atoms with van der Waals surface area (Å²) in [6, 6.07) is 8.43. The van der Waals surface area contributed by atoms with Gasteiger partial charge in [-0.15, -0.1) is 0 Å². The number of benzene rings is 1. The second-order valence-electron chi connectivity index (χ2n) is 6.37. The van der Waals surface area contributed by atoms with E-state index in [1.807, 2.05) is 25.1 Å². The second-order valence-corrected chi connectivity index (χ2v) is 6.37. The standard InChI is InChI=1S/C18H24FN7/c1-24(2)18-21-8-7-15(23-18)13-22-17(20)26-11-9-25(10-12-26)16-5-3-14(19)4-6-16/h3-8H,9-13H2,1-2H3,(H2,20,22). The molecule has 0 radical (unpaired) electrons. The molecule has 0 atom stereocenters. The van der Waals surface area contributed by atoms with Gasteiger partial charge in [-0.05, 0) is 30.3 Å². The summed E-state index contributed by atoms with van der Waals surface area (Å²) >= 11 is 0. The number of anilines is 2. The molecule has 26 heavy (non-hydrogen) atoms. The van der Waals surface area contributed by atoms with Gasteiger partial charge in [-0.3, -0.25) is 0 Å². The maximum Gasteiger partial charge on any atom is 0.225 e. The molecular weight excluding hydrogens is 333 g/mol. The average Bonchev–Trinajstić information content (AvgIpc) is 2.67. The van der Waals surface area contributed by atoms with Crippen LogP contribution in [-0.4, -0.2) is 61.1 Å². The van der Waals surface area contributed by atoms with Crippen LogP contribution in [0.2, 0.25) is 0 Å². The van der Waals surface area contributed by atoms with Crippen molar-refractivity contribution in [2.45, 2.75) is 6.54 Å². The molecular formula is C18H24FN7. The summed E-state index contributed by atoms with van der Waals surface area (Å²) in [7, 11) is 3.80. The molecule has 7 nitrogen and oxygen atoms in total. The fraction of sp³-hybridized carbons (Fsp3) is 0.389. The van der Waals surface area contributed by atoms with Gasteiger partial charge in [-0.1, -0.05) is 0 Å². The number of guanidine groups is 1. The van der Waals surface area contributed by atoms with Crippen LogP contribution in [0.25, 0.3) is 0 Å². The number of aromatic nitrogens is 2. The first-order valence-corrected chi connectivity index (χ1v) is 8.57. The third kappa shape index (κ3) is 4.38. The molecule has 0 unspecified atom stereocenters. The monoisotopic (exact) mass is 357 g/mol. The minimum absolute atomic E-state index is 0.217. The summed E-state index contributed by atoms with van der Waals surface area (Å²) in [6.45, 7) is 3.62. The highest BCUT2D eigenvalue weighted by atomic mass is 19.1. The molecule has 1 aromatic heterocycles. The summed E-state index contributed by atoms with van der Waals surface area (Å²) < 4.78 is 13.0. The van der Waals surface area contributed by atoms with Crippen LogP contribution in [0.15, 0.2) is 41.5 Å². The van der Waals surface area contributed by atoms with Crippen LogP contribution in [0.4, 0.5) is 16.0 Å². The molecule has 2 aromatic rings. The number of piperazine rings is 1. The van der Waals surface area contributed by atoms with E-state index in [2.05, 4.69) is 24.8 Å². The molecule has 0 aliphatic carbocycles. The lowest BCUT2D eigenvalue weighted by molar-refractivity contribution is 0.380. The van der Waals surface area contributed by atoms with Gasteiger partial charge in [-0.25, -0.2) is 19.4 Å². The van der Waals surface area contributed by atoms with Crippen molar-refractivity contribution < 1.29 is 4.39 Å². The van der Waals surface area contributed by atoms with Crippen LogP contribution in [0.3, 0.4) is 0 Å². The SMILES string of the molecule is CN(C)c1nccc(CN=C(N)N2CCN(c3ccc(F)cc3)CC2)n1. The molecule has 0 amide bonds. The van der Waals surface area contributed by atoms with Gasteiger partial charge < -0.3 is 20.4 Å². The molecule has 1 fully saturated rings. The van der Waals surface area contributed by atoms with Crippen LogP contribution < -0.4 is 15.5 Å². The van der Waals surface area contributed by atoms with Gasteiger partial charge in [-0.2, -0.15) is 0 Å². The van der Waals surface area contributed by atoms with Gasteiger partial charge in [0.2, 0.25) is 5.95 Å². The summed E-state index contributed by atoms with van der Waals surface area (Å²) in [5.74, 6) is 0.962. The Morgan fingerprint density at radius 1 is 1.15 bits per heavy atom. The maximum absolute atomic E-state index is 13.0. The predicted octanol–water partition coefficient (Wildman–Crippen LogP) is 1.32. The van der Waals surface area contributed by atoms with Crippen molar-refractivity contribution in [3.8, 4) is 0 Å². The van der Waals surface area contributed by atoms with E-state index in [1.165, 1.54) is 12.1 Å². The topological polar surface area (TPSA) is 73.9 Å². The third-order valence-electron chi connectivity index (χ3n) is 4.30. The Morgan fingerprint density at radius 2 is 1.85 bits per heavy atom. The molecule has 2 heterocycles. The molecule has 138 valence electrons. The van der Waals surface area contributed by atoms with E-state index in [0.717, 1.165) is 37.6 Å². The quantitative estimate of drug-likeness (QED) is 0.657. The van der Waals surface area contributed by atoms with Crippen molar-refractivity contribution in [3.05, 3.63) is 48.0 Å². The molecule has 1 aliphatic rings. The van der Waals surface area contributed by atoms with Crippen LogP contribution >= 0.6 is 0 Å². The zero-order valence-corrected chi connectivity index (χ0v) is 15.1. The number of halogens is 1. The van der Waals surface area contributed by atoms with Crippen molar-refractivity contribution in [1.29, 1.82) is 0 Å². The van der Waals surface area contributed by atoms with Gasteiger partial charge >= 0.3 is 0 Å². The van der Waals surface area contributed by atoms with Gasteiger partial charge in [0.1, 0.15) is 5.82 Å². The van der Waals surface area contributed by atoms with E-state index in [4.69, 9.17) is 5.73 Å². The molecule has 3 rings (SSSR count). The fourth-order valence-corrected chi connectivity index (χ4v) is 2.80. The van der Waals surface area contributed by atoms with E-state index < -0.39 is 0 Å². The average molecular weight is 357 g/mol. The normalized spacial score (nSPS) is 15.3. The van der Waals surface area contributed by atoms with Crippen LogP contribution in [-0.2, 0) is 6.54 Å². The third-order valence-corrected chi connectivity index (χ3v) is 4.30. The second kappa shape index (κ2) is 7.99. The van der Waals surface area contributed by atoms with E-state index in [9.17, 15) is 4.39 Å². The minimum Gasteiger partial charge on any atom is -0.370 e. The summed E-state index contributed by atoms with van der Waals surface area (Å²) in [6.07, 6.45) is 1.73. The number of hydrogen-bond acceptors (Lipinski definition) is 5. The van der Waals surface area contributed by atoms with Crippen LogP contribution in [0, 0.1) is 5.82 Å². The van der Waals surface area contributed by atoms with E-state index in [1.54, 1.807) is 18.3 Å². The van der Waals surface area contributed by atoms with E-state index in [0.29, 0.717) is 18.5 Å². The zero-order chi connectivity index (χ0) is 18.5. The van der Waals surface area contributed by atoms with Gasteiger partial charge in [0.15, 0.2) is 5.96 Å². The summed E-state index contributed by atoms with van der Waals surface area (Å²) in [4.78, 5) is 19.2. The summed E-state index contributed by atoms with van der Waals surface area (Å²) in [5, 5.41) is 0. The largest absolute Gasteiger partial charge is 0.370 e. The molecule has 0 saturated carbocycles. The molecule has 0 spiro atoms. The predicted molar refractivity (Wildman–Crippen MR) is 102 cm³/mol. The highest BCUT2D eigenvalue weighted by molar-refractivity contribution is 5.78. The zero-order valence-electron chi connectivity index (χ0n) is 15.1. The molecule has 1 saturated heterocycles. The Balaban J connectivity index is 1.56. The lowest BCUT2D eigenvalue weighted by Gasteiger charge is -2.36. The Hall–Kier alpha value is -2.90. The van der Waals surface area contributed by atoms with Gasteiger partial charge in [0.05, 0.1) is 12.2 Å². The highest BCUT2D eigenvalue weighted by Gasteiger charge is 2.18. The minimum atomic E-state index is -0.217. The Morgan fingerprint density at radius 3 is 2.50 bits per heavy atom. The maximum atomic E-state index is 13.0. The Labute approximate surface area is 153 Å². The number of aliphatic imine (C=N–C) groups is 1. The molecule has 0 bridgehead atoms. The molecule has 2 N–H and O–H groups in total. The first-order valence-electron chi connectivity index (χ1n) is 8.57. The van der Waals surface area contributed by atoms with E-state index in [-0.39, 0.29) is 5.82 Å². The first kappa shape index (κ1) is 17.9. The van der Waals surface area contributed by atoms with Crippen molar-refractivity contribution >= 4 is 17.6 Å². The lowest BCUT2D eigenvalue weighted by atomic mass is 10.2. The van der Waals surface area contributed by atoms with Crippen molar-refractivity contribution in [1.82, 2.24) is 14.9 Å². The van der Waals surface area contributed by atoms with Crippen molar-refractivity contribution in [3.63, 3.8) is 0 Å². The molecule has 1 aromatic carbocycles. The molecule has 8 heteroatoms. The highest BCUT2D eigenvalue weighted by Crippen LogP contribution is 2.16. The first-order chi connectivity index (χ1) is 12.5. The number of nitrogens with zero attached hydrogens (tertiary/aromatic N) is 6. The lowest BCUT2D eigenvalue weighted by Crippen LogP contribution is -2.51. The van der Waals surface area contributed by atoms with Crippen molar-refractivity contribution in [2.24, 2.45) is 10.7 Å². The van der Waals surface area contributed by atoms with E-state index >= 15 is 0 Å². The van der Waals surface area contributed by atoms with Gasteiger partial charge in [0.25, 0.3) is 0 Å². The summed E-state index contributed by atoms with van der Waals surface area (Å²) in [5.41, 5.74) is 8.01. The van der Waals surface area contributed by atoms with Gasteiger partial charge in [0, 0.05) is 52.2 Å². The number of rotatable bonds is 4. The number of hydrogen-bond donors (Lipinski definition) is 1. The fourth-order valence-electron chi connectivity index (χ4n) is 2.80.